The largest absolute Gasteiger partial charge is 0.481 e. The molecule has 20 heavy (non-hydrogen) atoms. The number of carbonyl (C=O) groups is 3. The van der Waals surface area contributed by atoms with Crippen molar-refractivity contribution in [3.8, 4) is 0 Å². The van der Waals surface area contributed by atoms with Crippen LogP contribution in [0.5, 0.6) is 0 Å². The third-order valence-corrected chi connectivity index (χ3v) is 2.79. The van der Waals surface area contributed by atoms with Gasteiger partial charge in [-0.05, 0) is 27.2 Å². The molecule has 0 spiro atoms. The second kappa shape index (κ2) is 5.98. The van der Waals surface area contributed by atoms with Gasteiger partial charge in [0.05, 0.1) is 12.0 Å². The van der Waals surface area contributed by atoms with E-state index in [2.05, 4.69) is 5.32 Å². The lowest BCUT2D eigenvalue weighted by atomic mass is 9.94. The summed E-state index contributed by atoms with van der Waals surface area (Å²) in [7, 11) is 0. The average Bonchev–Trinajstić information content (AvgIpc) is 2.25. The molecule has 114 valence electrons. The second-order valence-electron chi connectivity index (χ2n) is 5.80. The molecule has 1 saturated heterocycles. The van der Waals surface area contributed by atoms with E-state index in [1.807, 2.05) is 0 Å². The molecule has 0 bridgehead atoms. The van der Waals surface area contributed by atoms with Gasteiger partial charge in [-0.1, -0.05) is 0 Å². The summed E-state index contributed by atoms with van der Waals surface area (Å²) in [6.45, 7) is 5.10. The Kier molecular flexibility index (Phi) is 4.80. The van der Waals surface area contributed by atoms with E-state index in [9.17, 15) is 14.4 Å². The van der Waals surface area contributed by atoms with Crippen molar-refractivity contribution in [2.45, 2.75) is 38.8 Å². The molecule has 0 aromatic rings. The van der Waals surface area contributed by atoms with Crippen LogP contribution in [-0.4, -0.2) is 58.0 Å². The number of nitrogens with one attached hydrogen (secondary N) is 1. The number of amides is 2. The van der Waals surface area contributed by atoms with Crippen LogP contribution in [0.15, 0.2) is 0 Å². The van der Waals surface area contributed by atoms with E-state index in [-0.39, 0.29) is 19.5 Å². The van der Waals surface area contributed by atoms with Crippen molar-refractivity contribution < 1.29 is 29.3 Å². The maximum Gasteiger partial charge on any atom is 0.407 e. The van der Waals surface area contributed by atoms with Crippen LogP contribution in [0.3, 0.4) is 0 Å². The molecule has 0 unspecified atom stereocenters. The second-order valence-corrected chi connectivity index (χ2v) is 5.80. The number of carboxylic acid groups (broad SMARTS) is 2. The predicted octanol–water partition coefficient (Wildman–Crippen LogP) is 0.964. The van der Waals surface area contributed by atoms with Gasteiger partial charge in [0.25, 0.3) is 0 Å². The van der Waals surface area contributed by atoms with Crippen LogP contribution in [-0.2, 0) is 9.53 Å². The molecule has 8 heteroatoms. The molecule has 0 radical (unpaired) electrons. The molecule has 0 aromatic heterocycles. The highest BCUT2D eigenvalue weighted by molar-refractivity contribution is 5.73. The Morgan fingerprint density at radius 3 is 2.25 bits per heavy atom. The van der Waals surface area contributed by atoms with Gasteiger partial charge < -0.3 is 25.2 Å². The van der Waals surface area contributed by atoms with Gasteiger partial charge in [-0.15, -0.1) is 0 Å². The first kappa shape index (κ1) is 16.1. The maximum atomic E-state index is 11.6. The van der Waals surface area contributed by atoms with Gasteiger partial charge in [-0.3, -0.25) is 4.79 Å². The predicted molar refractivity (Wildman–Crippen MR) is 68.5 cm³/mol. The number of carbonyl (C=O) groups excluding carboxylic acids is 1. The first-order valence-electron chi connectivity index (χ1n) is 6.28. The number of hydrogen-bond acceptors (Lipinski definition) is 4. The monoisotopic (exact) mass is 288 g/mol. The number of rotatable bonds is 2. The van der Waals surface area contributed by atoms with Crippen molar-refractivity contribution in [3.05, 3.63) is 0 Å². The number of piperidine rings is 1. The van der Waals surface area contributed by atoms with Gasteiger partial charge in [-0.25, -0.2) is 9.59 Å². The molecular weight excluding hydrogens is 268 g/mol. The van der Waals surface area contributed by atoms with Crippen molar-refractivity contribution in [2.75, 3.05) is 13.1 Å². The fraction of sp³-hybridized carbons (Fsp3) is 0.750. The minimum Gasteiger partial charge on any atom is -0.481 e. The van der Waals surface area contributed by atoms with Crippen molar-refractivity contribution in [3.63, 3.8) is 0 Å². The fourth-order valence-corrected chi connectivity index (χ4v) is 2.01. The summed E-state index contributed by atoms with van der Waals surface area (Å²) >= 11 is 0. The van der Waals surface area contributed by atoms with Gasteiger partial charge in [0.1, 0.15) is 5.60 Å². The fourth-order valence-electron chi connectivity index (χ4n) is 2.01. The highest BCUT2D eigenvalue weighted by Crippen LogP contribution is 2.18. The number of likely N-dealkylation sites (tertiary alicyclic amines) is 1. The Morgan fingerprint density at radius 2 is 1.80 bits per heavy atom. The molecule has 0 saturated carbocycles. The van der Waals surface area contributed by atoms with Crippen molar-refractivity contribution in [2.24, 2.45) is 5.92 Å². The van der Waals surface area contributed by atoms with Crippen LogP contribution in [0.25, 0.3) is 0 Å². The summed E-state index contributed by atoms with van der Waals surface area (Å²) in [4.78, 5) is 34.6. The maximum absolute atomic E-state index is 11.6. The van der Waals surface area contributed by atoms with Crippen molar-refractivity contribution in [1.29, 1.82) is 0 Å². The third-order valence-electron chi connectivity index (χ3n) is 2.79. The zero-order valence-electron chi connectivity index (χ0n) is 11.8. The first-order chi connectivity index (χ1) is 9.08. The Bertz CT molecular complexity index is 381. The molecule has 1 aliphatic rings. The lowest BCUT2D eigenvalue weighted by molar-refractivity contribution is -0.143. The number of carboxylic acids is 1. The summed E-state index contributed by atoms with van der Waals surface area (Å²) in [6, 6.07) is -0.573. The molecule has 1 rings (SSSR count). The Balaban J connectivity index is 2.66. The summed E-state index contributed by atoms with van der Waals surface area (Å²) in [6.07, 6.45) is -1.70. The molecule has 0 aliphatic carbocycles. The quantitative estimate of drug-likeness (QED) is 0.697. The van der Waals surface area contributed by atoms with E-state index in [0.717, 1.165) is 4.90 Å². The first-order valence-corrected chi connectivity index (χ1v) is 6.28. The van der Waals surface area contributed by atoms with Crippen LogP contribution in [0.4, 0.5) is 9.59 Å². The highest BCUT2D eigenvalue weighted by atomic mass is 16.6. The minimum absolute atomic E-state index is 0.0539. The SMILES string of the molecule is CC(C)(C)OC(=O)N[C@@H]1C[C@H](C(=O)O)CN(C(=O)O)C1. The van der Waals surface area contributed by atoms with Crippen molar-refractivity contribution in [1.82, 2.24) is 10.2 Å². The topological polar surface area (TPSA) is 116 Å². The lowest BCUT2D eigenvalue weighted by Crippen LogP contribution is -2.54. The van der Waals surface area contributed by atoms with E-state index < -0.39 is 35.7 Å². The Morgan fingerprint density at radius 1 is 1.20 bits per heavy atom. The third kappa shape index (κ3) is 4.94. The Hall–Kier alpha value is -1.99. The van der Waals surface area contributed by atoms with Gasteiger partial charge >= 0.3 is 18.2 Å². The van der Waals surface area contributed by atoms with Crippen LogP contribution in [0.2, 0.25) is 0 Å². The number of nitrogens with zero attached hydrogens (tertiary/aromatic N) is 1. The molecule has 3 N–H and O–H groups in total. The summed E-state index contributed by atoms with van der Waals surface area (Å²) in [5.74, 6) is -1.91. The summed E-state index contributed by atoms with van der Waals surface area (Å²) in [5, 5.41) is 20.5. The summed E-state index contributed by atoms with van der Waals surface area (Å²) in [5.41, 5.74) is -0.669. The molecule has 1 fully saturated rings. The average molecular weight is 288 g/mol. The molecular formula is C12H20N2O6. The number of alkyl carbamates (subject to hydrolysis) is 1. The van der Waals surface area contributed by atoms with E-state index in [1.54, 1.807) is 20.8 Å². The van der Waals surface area contributed by atoms with E-state index in [0.29, 0.717) is 0 Å². The van der Waals surface area contributed by atoms with E-state index in [1.165, 1.54) is 0 Å². The Labute approximate surface area is 116 Å². The standard InChI is InChI=1S/C12H20N2O6/c1-12(2,3)20-10(17)13-8-4-7(9(15)16)5-14(6-8)11(18)19/h7-8H,4-6H2,1-3H3,(H,13,17)(H,15,16)(H,18,19)/t7-,8+/m0/s1. The molecule has 1 heterocycles. The lowest BCUT2D eigenvalue weighted by Gasteiger charge is -2.35. The molecule has 0 aromatic carbocycles. The molecule has 1 aliphatic heterocycles. The molecule has 2 atom stereocenters. The molecule has 2 amide bonds. The normalized spacial score (nSPS) is 23.1. The number of hydrogen-bond donors (Lipinski definition) is 3. The van der Waals surface area contributed by atoms with Crippen LogP contribution >= 0.6 is 0 Å². The smallest absolute Gasteiger partial charge is 0.407 e. The number of ether oxygens (including phenoxy) is 1. The summed E-state index contributed by atoms with van der Waals surface area (Å²) < 4.78 is 5.07. The minimum atomic E-state index is -1.20. The van der Waals surface area contributed by atoms with Gasteiger partial charge in [0.15, 0.2) is 0 Å². The number of aliphatic carboxylic acids is 1. The van der Waals surface area contributed by atoms with Crippen LogP contribution in [0.1, 0.15) is 27.2 Å². The highest BCUT2D eigenvalue weighted by Gasteiger charge is 2.35. The van der Waals surface area contributed by atoms with Gasteiger partial charge in [-0.2, -0.15) is 0 Å². The molecule has 8 nitrogen and oxygen atoms in total. The van der Waals surface area contributed by atoms with Crippen molar-refractivity contribution >= 4 is 18.2 Å². The van der Waals surface area contributed by atoms with E-state index in [4.69, 9.17) is 14.9 Å². The van der Waals surface area contributed by atoms with Crippen LogP contribution < -0.4 is 5.32 Å². The van der Waals surface area contributed by atoms with Gasteiger partial charge in [0, 0.05) is 13.1 Å². The zero-order chi connectivity index (χ0) is 15.5. The van der Waals surface area contributed by atoms with Crippen LogP contribution in [0, 0.1) is 5.92 Å². The van der Waals surface area contributed by atoms with E-state index >= 15 is 0 Å². The van der Waals surface area contributed by atoms with Gasteiger partial charge in [0.2, 0.25) is 0 Å². The zero-order valence-corrected chi connectivity index (χ0v) is 11.8.